The Hall–Kier alpha value is -1.69. The normalized spacial score (nSPS) is 11.8. The summed E-state index contributed by atoms with van der Waals surface area (Å²) in [7, 11) is 0. The van der Waals surface area contributed by atoms with Crippen LogP contribution in [0.5, 0.6) is 0 Å². The zero-order chi connectivity index (χ0) is 22.8. The van der Waals surface area contributed by atoms with Gasteiger partial charge in [0.05, 0.1) is 15.8 Å². The van der Waals surface area contributed by atoms with E-state index in [0.717, 1.165) is 24.2 Å². The lowest BCUT2D eigenvalue weighted by molar-refractivity contribution is -0.138. The molecule has 0 aromatic heterocycles. The molecule has 0 heterocycles. The highest BCUT2D eigenvalue weighted by Crippen LogP contribution is 2.24. The third-order valence-electron chi connectivity index (χ3n) is 4.95. The van der Waals surface area contributed by atoms with Gasteiger partial charge in [0.15, 0.2) is 0 Å². The van der Waals surface area contributed by atoms with E-state index in [2.05, 4.69) is 36.5 Å². The molecule has 4 nitrogen and oxygen atoms in total. The van der Waals surface area contributed by atoms with E-state index in [1.165, 1.54) is 11.1 Å². The Morgan fingerprint density at radius 1 is 1.06 bits per heavy atom. The first kappa shape index (κ1) is 25.6. The summed E-state index contributed by atoms with van der Waals surface area (Å²) >= 11 is 13.7. The molecule has 0 bridgehead atoms. The van der Waals surface area contributed by atoms with Crippen LogP contribution in [0.3, 0.4) is 0 Å². The van der Waals surface area contributed by atoms with Crippen molar-refractivity contribution in [3.8, 4) is 0 Å². The molecule has 1 N–H and O–H groups in total. The summed E-state index contributed by atoms with van der Waals surface area (Å²) in [5.41, 5.74) is 3.21. The molecule has 31 heavy (non-hydrogen) atoms. The minimum absolute atomic E-state index is 0.0821. The van der Waals surface area contributed by atoms with Crippen molar-refractivity contribution in [1.29, 1.82) is 0 Å². The van der Waals surface area contributed by atoms with Gasteiger partial charge >= 0.3 is 0 Å². The molecule has 0 fully saturated rings. The van der Waals surface area contributed by atoms with E-state index in [1.807, 2.05) is 13.0 Å². The predicted molar refractivity (Wildman–Crippen MR) is 132 cm³/mol. The number of aryl methyl sites for hydroxylation is 1. The Morgan fingerprint density at radius 3 is 2.39 bits per heavy atom. The first-order valence-corrected chi connectivity index (χ1v) is 12.4. The third kappa shape index (κ3) is 8.40. The maximum absolute atomic E-state index is 13.1. The van der Waals surface area contributed by atoms with Crippen LogP contribution in [0, 0.1) is 6.92 Å². The highest BCUT2D eigenvalue weighted by Gasteiger charge is 2.26. The maximum Gasteiger partial charge on any atom is 0.242 e. The van der Waals surface area contributed by atoms with Crippen LogP contribution in [-0.2, 0) is 21.9 Å². The van der Waals surface area contributed by atoms with Crippen LogP contribution in [0.1, 0.15) is 43.4 Å². The van der Waals surface area contributed by atoms with Gasteiger partial charge < -0.3 is 10.2 Å². The molecule has 0 aliphatic heterocycles. The van der Waals surface area contributed by atoms with Crippen molar-refractivity contribution in [2.24, 2.45) is 0 Å². The maximum atomic E-state index is 13.1. The first-order chi connectivity index (χ1) is 14.8. The van der Waals surface area contributed by atoms with Crippen LogP contribution in [0.2, 0.25) is 10.0 Å². The van der Waals surface area contributed by atoms with Crippen molar-refractivity contribution in [3.05, 3.63) is 69.2 Å². The average molecular weight is 481 g/mol. The lowest BCUT2D eigenvalue weighted by Gasteiger charge is -2.29. The van der Waals surface area contributed by atoms with Crippen molar-refractivity contribution in [3.63, 3.8) is 0 Å². The van der Waals surface area contributed by atoms with Gasteiger partial charge in [0.1, 0.15) is 6.04 Å². The van der Waals surface area contributed by atoms with Crippen LogP contribution in [0.25, 0.3) is 0 Å². The molecule has 2 amide bonds. The minimum Gasteiger partial charge on any atom is -0.354 e. The van der Waals surface area contributed by atoms with E-state index in [-0.39, 0.29) is 11.8 Å². The van der Waals surface area contributed by atoms with Crippen LogP contribution < -0.4 is 5.32 Å². The van der Waals surface area contributed by atoms with Crippen molar-refractivity contribution in [1.82, 2.24) is 10.2 Å². The van der Waals surface area contributed by atoms with E-state index in [9.17, 15) is 9.59 Å². The molecular formula is C24H30Cl2N2O2S. The van der Waals surface area contributed by atoms with Gasteiger partial charge in [-0.1, -0.05) is 72.4 Å². The molecular weight excluding hydrogens is 451 g/mol. The molecule has 2 aromatic carbocycles. The molecule has 0 aliphatic rings. The standard InChI is InChI=1S/C24H30Cl2N2O2S/c1-4-5-12-27-24(30)18(3)28(14-20-10-11-21(25)22(26)13-20)23(29)16-31-15-19-8-6-17(2)7-9-19/h6-11,13,18H,4-5,12,14-16H2,1-3H3,(H,27,30). The summed E-state index contributed by atoms with van der Waals surface area (Å²) in [6, 6.07) is 13.0. The minimum atomic E-state index is -0.584. The second kappa shape index (κ2) is 13.0. The zero-order valence-electron chi connectivity index (χ0n) is 18.3. The zero-order valence-corrected chi connectivity index (χ0v) is 20.6. The lowest BCUT2D eigenvalue weighted by Crippen LogP contribution is -2.48. The van der Waals surface area contributed by atoms with E-state index >= 15 is 0 Å². The quantitative estimate of drug-likeness (QED) is 0.409. The monoisotopic (exact) mass is 480 g/mol. The van der Waals surface area contributed by atoms with Crippen molar-refractivity contribution >= 4 is 46.8 Å². The summed E-state index contributed by atoms with van der Waals surface area (Å²) in [6.45, 7) is 6.79. The number of carbonyl (C=O) groups excluding carboxylic acids is 2. The lowest BCUT2D eigenvalue weighted by atomic mass is 10.1. The number of benzene rings is 2. The Balaban J connectivity index is 2.06. The molecule has 1 atom stereocenters. The number of carbonyl (C=O) groups is 2. The SMILES string of the molecule is CCCCNC(=O)C(C)N(Cc1ccc(Cl)c(Cl)c1)C(=O)CSCc1ccc(C)cc1. The Labute approximate surface area is 199 Å². The highest BCUT2D eigenvalue weighted by molar-refractivity contribution is 7.99. The fraction of sp³-hybridized carbons (Fsp3) is 0.417. The molecule has 1 unspecified atom stereocenters. The van der Waals surface area contributed by atoms with E-state index < -0.39 is 6.04 Å². The van der Waals surface area contributed by atoms with Gasteiger partial charge in [-0.05, 0) is 43.5 Å². The van der Waals surface area contributed by atoms with Crippen LogP contribution in [0.4, 0.5) is 0 Å². The summed E-state index contributed by atoms with van der Waals surface area (Å²) in [5, 5.41) is 3.82. The highest BCUT2D eigenvalue weighted by atomic mass is 35.5. The van der Waals surface area contributed by atoms with Crippen LogP contribution in [0.15, 0.2) is 42.5 Å². The Morgan fingerprint density at radius 2 is 1.74 bits per heavy atom. The molecule has 2 rings (SSSR count). The Kier molecular flexibility index (Phi) is 10.7. The summed E-state index contributed by atoms with van der Waals surface area (Å²) in [4.78, 5) is 27.3. The number of nitrogens with zero attached hydrogens (tertiary/aromatic N) is 1. The molecule has 0 spiro atoms. The number of amides is 2. The number of nitrogens with one attached hydrogen (secondary N) is 1. The third-order valence-corrected chi connectivity index (χ3v) is 6.68. The van der Waals surface area contributed by atoms with Gasteiger partial charge in [0, 0.05) is 18.8 Å². The fourth-order valence-electron chi connectivity index (χ4n) is 2.98. The number of hydrogen-bond donors (Lipinski definition) is 1. The molecule has 0 radical (unpaired) electrons. The van der Waals surface area contributed by atoms with Crippen molar-refractivity contribution in [2.45, 2.75) is 52.0 Å². The van der Waals surface area contributed by atoms with Gasteiger partial charge in [-0.3, -0.25) is 9.59 Å². The van der Waals surface area contributed by atoms with Crippen LogP contribution >= 0.6 is 35.0 Å². The number of halogens is 2. The molecule has 168 valence electrons. The van der Waals surface area contributed by atoms with Gasteiger partial charge in [-0.25, -0.2) is 0 Å². The fourth-order valence-corrected chi connectivity index (χ4v) is 4.17. The largest absolute Gasteiger partial charge is 0.354 e. The predicted octanol–water partition coefficient (Wildman–Crippen LogP) is 5.87. The topological polar surface area (TPSA) is 49.4 Å². The van der Waals surface area contributed by atoms with E-state index in [1.54, 1.807) is 35.7 Å². The van der Waals surface area contributed by atoms with Crippen LogP contribution in [-0.4, -0.2) is 35.1 Å². The molecule has 0 saturated heterocycles. The van der Waals surface area contributed by atoms with Crippen molar-refractivity contribution < 1.29 is 9.59 Å². The smallest absolute Gasteiger partial charge is 0.242 e. The Bertz CT molecular complexity index is 874. The number of hydrogen-bond acceptors (Lipinski definition) is 3. The van der Waals surface area contributed by atoms with E-state index in [4.69, 9.17) is 23.2 Å². The number of thioether (sulfide) groups is 1. The molecule has 2 aromatic rings. The number of unbranched alkanes of at least 4 members (excludes halogenated alkanes) is 1. The van der Waals surface area contributed by atoms with Gasteiger partial charge in [0.2, 0.25) is 11.8 Å². The van der Waals surface area contributed by atoms with Gasteiger partial charge in [-0.2, -0.15) is 0 Å². The molecule has 7 heteroatoms. The average Bonchev–Trinajstić information content (AvgIpc) is 2.75. The molecule has 0 saturated carbocycles. The second-order valence-electron chi connectivity index (χ2n) is 7.57. The van der Waals surface area contributed by atoms with Gasteiger partial charge in [-0.15, -0.1) is 11.8 Å². The van der Waals surface area contributed by atoms with Crippen molar-refractivity contribution in [2.75, 3.05) is 12.3 Å². The second-order valence-corrected chi connectivity index (χ2v) is 9.37. The first-order valence-electron chi connectivity index (χ1n) is 10.5. The summed E-state index contributed by atoms with van der Waals surface area (Å²) in [6.07, 6.45) is 1.90. The van der Waals surface area contributed by atoms with Gasteiger partial charge in [0.25, 0.3) is 0 Å². The van der Waals surface area contributed by atoms with E-state index in [0.29, 0.717) is 28.9 Å². The summed E-state index contributed by atoms with van der Waals surface area (Å²) in [5.74, 6) is 0.803. The number of rotatable bonds is 11. The summed E-state index contributed by atoms with van der Waals surface area (Å²) < 4.78 is 0. The molecule has 0 aliphatic carbocycles.